The van der Waals surface area contributed by atoms with E-state index in [1.54, 1.807) is 4.90 Å². The zero-order chi connectivity index (χ0) is 10.6. The second-order valence-electron chi connectivity index (χ2n) is 3.50. The molecule has 1 atom stereocenters. The molecule has 1 aliphatic heterocycles. The Kier molecular flexibility index (Phi) is 3.88. The highest BCUT2D eigenvalue weighted by molar-refractivity contribution is 5.74. The Morgan fingerprint density at radius 2 is 2.29 bits per heavy atom. The van der Waals surface area contributed by atoms with Gasteiger partial charge < -0.3 is 15.3 Å². The zero-order valence-corrected chi connectivity index (χ0v) is 8.32. The van der Waals surface area contributed by atoms with Crippen molar-refractivity contribution < 1.29 is 14.7 Å². The van der Waals surface area contributed by atoms with Crippen molar-refractivity contribution in [2.75, 3.05) is 19.6 Å². The fraction of sp³-hybridized carbons (Fsp3) is 0.778. The number of hydrogen-bond acceptors (Lipinski definition) is 3. The molecule has 14 heavy (non-hydrogen) atoms. The third-order valence-electron chi connectivity index (χ3n) is 2.45. The van der Waals surface area contributed by atoms with Crippen molar-refractivity contribution in [3.05, 3.63) is 0 Å². The van der Waals surface area contributed by atoms with Crippen LogP contribution in [0.4, 0.5) is 0 Å². The Balaban J connectivity index is 2.45. The minimum absolute atomic E-state index is 0.0295. The van der Waals surface area contributed by atoms with E-state index < -0.39 is 5.97 Å². The fourth-order valence-corrected chi connectivity index (χ4v) is 1.72. The predicted molar refractivity (Wildman–Crippen MR) is 50.9 cm³/mol. The molecule has 1 rings (SSSR count). The summed E-state index contributed by atoms with van der Waals surface area (Å²) in [5.41, 5.74) is 0. The fourth-order valence-electron chi connectivity index (χ4n) is 1.72. The summed E-state index contributed by atoms with van der Waals surface area (Å²) in [5.74, 6) is -0.777. The molecule has 0 spiro atoms. The quantitative estimate of drug-likeness (QED) is 0.654. The number of carbonyl (C=O) groups excluding carboxylic acids is 1. The molecular weight excluding hydrogens is 184 g/mol. The van der Waals surface area contributed by atoms with Gasteiger partial charge in [-0.3, -0.25) is 9.59 Å². The molecule has 0 aromatic heterocycles. The molecular formula is C9H16N2O3. The topological polar surface area (TPSA) is 69.6 Å². The zero-order valence-electron chi connectivity index (χ0n) is 8.32. The minimum atomic E-state index is -0.806. The number of rotatable bonds is 3. The molecule has 2 N–H and O–H groups in total. The van der Waals surface area contributed by atoms with Crippen molar-refractivity contribution in [3.8, 4) is 0 Å². The summed E-state index contributed by atoms with van der Waals surface area (Å²) < 4.78 is 0. The molecule has 5 nitrogen and oxygen atoms in total. The molecule has 0 aliphatic carbocycles. The molecule has 1 fully saturated rings. The Labute approximate surface area is 83.1 Å². The monoisotopic (exact) mass is 200 g/mol. The summed E-state index contributed by atoms with van der Waals surface area (Å²) in [6.07, 6.45) is 0.651. The van der Waals surface area contributed by atoms with Gasteiger partial charge >= 0.3 is 5.97 Å². The first kappa shape index (κ1) is 11.0. The van der Waals surface area contributed by atoms with Crippen LogP contribution in [0.1, 0.15) is 19.8 Å². The first-order chi connectivity index (χ1) is 6.61. The predicted octanol–water partition coefficient (Wildman–Crippen LogP) is -0.328. The van der Waals surface area contributed by atoms with Crippen molar-refractivity contribution >= 4 is 11.9 Å². The lowest BCUT2D eigenvalue weighted by atomic mass is 10.1. The van der Waals surface area contributed by atoms with Crippen molar-refractivity contribution in [3.63, 3.8) is 0 Å². The summed E-state index contributed by atoms with van der Waals surface area (Å²) in [7, 11) is 0. The van der Waals surface area contributed by atoms with E-state index in [2.05, 4.69) is 5.32 Å². The SMILES string of the molecule is CC(=O)N1CCNCC1CCC(=O)O. The molecule has 0 aromatic carbocycles. The summed E-state index contributed by atoms with van der Waals surface area (Å²) in [4.78, 5) is 23.3. The summed E-state index contributed by atoms with van der Waals surface area (Å²) in [6, 6.07) is 0.0392. The molecule has 0 bridgehead atoms. The van der Waals surface area contributed by atoms with Crippen LogP contribution in [0.5, 0.6) is 0 Å². The second kappa shape index (κ2) is 4.95. The first-order valence-corrected chi connectivity index (χ1v) is 4.81. The minimum Gasteiger partial charge on any atom is -0.481 e. The largest absolute Gasteiger partial charge is 0.481 e. The normalized spacial score (nSPS) is 22.1. The maximum atomic E-state index is 11.2. The van der Waals surface area contributed by atoms with E-state index in [1.807, 2.05) is 0 Å². The van der Waals surface area contributed by atoms with E-state index >= 15 is 0 Å². The van der Waals surface area contributed by atoms with Gasteiger partial charge in [0, 0.05) is 39.0 Å². The van der Waals surface area contributed by atoms with Gasteiger partial charge in [-0.15, -0.1) is 0 Å². The van der Waals surface area contributed by atoms with Crippen molar-refractivity contribution in [2.24, 2.45) is 0 Å². The highest BCUT2D eigenvalue weighted by Gasteiger charge is 2.24. The Hall–Kier alpha value is -1.10. The number of hydrogen-bond donors (Lipinski definition) is 2. The molecule has 0 radical (unpaired) electrons. The van der Waals surface area contributed by atoms with Gasteiger partial charge in [0.1, 0.15) is 0 Å². The molecule has 0 aromatic rings. The molecule has 80 valence electrons. The Bertz CT molecular complexity index is 230. The molecule has 1 saturated heterocycles. The summed E-state index contributed by atoms with van der Waals surface area (Å²) in [6.45, 7) is 3.70. The summed E-state index contributed by atoms with van der Waals surface area (Å²) >= 11 is 0. The number of carbonyl (C=O) groups is 2. The van der Waals surface area contributed by atoms with Crippen LogP contribution in [0.2, 0.25) is 0 Å². The van der Waals surface area contributed by atoms with Crippen LogP contribution < -0.4 is 5.32 Å². The van der Waals surface area contributed by atoms with Gasteiger partial charge in [-0.05, 0) is 6.42 Å². The van der Waals surface area contributed by atoms with Gasteiger partial charge in [0.25, 0.3) is 0 Å². The Morgan fingerprint density at radius 1 is 1.57 bits per heavy atom. The van der Waals surface area contributed by atoms with Crippen molar-refractivity contribution in [1.29, 1.82) is 0 Å². The maximum Gasteiger partial charge on any atom is 0.303 e. The average molecular weight is 200 g/mol. The third-order valence-corrected chi connectivity index (χ3v) is 2.45. The highest BCUT2D eigenvalue weighted by Crippen LogP contribution is 2.09. The van der Waals surface area contributed by atoms with Gasteiger partial charge in [-0.1, -0.05) is 0 Å². The average Bonchev–Trinajstić information content (AvgIpc) is 2.15. The Morgan fingerprint density at radius 3 is 2.86 bits per heavy atom. The van der Waals surface area contributed by atoms with Gasteiger partial charge in [0.2, 0.25) is 5.91 Å². The van der Waals surface area contributed by atoms with Gasteiger partial charge in [-0.25, -0.2) is 0 Å². The number of amides is 1. The van der Waals surface area contributed by atoms with E-state index in [4.69, 9.17) is 5.11 Å². The van der Waals surface area contributed by atoms with Crippen molar-refractivity contribution in [1.82, 2.24) is 10.2 Å². The van der Waals surface area contributed by atoms with E-state index in [9.17, 15) is 9.59 Å². The molecule has 0 saturated carbocycles. The van der Waals surface area contributed by atoms with Gasteiger partial charge in [0.05, 0.1) is 0 Å². The van der Waals surface area contributed by atoms with E-state index in [0.717, 1.165) is 6.54 Å². The van der Waals surface area contributed by atoms with Crippen LogP contribution in [0, 0.1) is 0 Å². The molecule has 1 aliphatic rings. The highest BCUT2D eigenvalue weighted by atomic mass is 16.4. The number of nitrogens with one attached hydrogen (secondary N) is 1. The van der Waals surface area contributed by atoms with E-state index in [-0.39, 0.29) is 18.4 Å². The number of piperazine rings is 1. The van der Waals surface area contributed by atoms with Gasteiger partial charge in [0.15, 0.2) is 0 Å². The standard InChI is InChI=1S/C9H16N2O3/c1-7(12)11-5-4-10-6-8(11)2-3-9(13)14/h8,10H,2-6H2,1H3,(H,13,14). The summed E-state index contributed by atoms with van der Waals surface area (Å²) in [5, 5.41) is 11.7. The lowest BCUT2D eigenvalue weighted by molar-refractivity contribution is -0.139. The lowest BCUT2D eigenvalue weighted by Gasteiger charge is -2.35. The van der Waals surface area contributed by atoms with Crippen LogP contribution >= 0.6 is 0 Å². The maximum absolute atomic E-state index is 11.2. The van der Waals surface area contributed by atoms with Crippen LogP contribution in [0.15, 0.2) is 0 Å². The number of aliphatic carboxylic acids is 1. The smallest absolute Gasteiger partial charge is 0.303 e. The number of nitrogens with zero attached hydrogens (tertiary/aromatic N) is 1. The molecule has 5 heteroatoms. The van der Waals surface area contributed by atoms with Crippen molar-refractivity contribution in [2.45, 2.75) is 25.8 Å². The van der Waals surface area contributed by atoms with Crippen LogP contribution in [0.3, 0.4) is 0 Å². The first-order valence-electron chi connectivity index (χ1n) is 4.81. The van der Waals surface area contributed by atoms with Crippen LogP contribution in [-0.4, -0.2) is 47.6 Å². The molecule has 1 heterocycles. The number of carboxylic acids is 1. The van der Waals surface area contributed by atoms with E-state index in [1.165, 1.54) is 6.92 Å². The van der Waals surface area contributed by atoms with Crippen LogP contribution in [0.25, 0.3) is 0 Å². The van der Waals surface area contributed by atoms with Crippen LogP contribution in [-0.2, 0) is 9.59 Å². The molecule has 1 unspecified atom stereocenters. The van der Waals surface area contributed by atoms with E-state index in [0.29, 0.717) is 19.5 Å². The molecule has 1 amide bonds. The second-order valence-corrected chi connectivity index (χ2v) is 3.50. The van der Waals surface area contributed by atoms with Gasteiger partial charge in [-0.2, -0.15) is 0 Å². The third kappa shape index (κ3) is 2.99. The lowest BCUT2D eigenvalue weighted by Crippen LogP contribution is -2.53. The number of carboxylic acid groups (broad SMARTS) is 1.